The van der Waals surface area contributed by atoms with E-state index < -0.39 is 0 Å². The normalized spacial score (nSPS) is 14.8. The Morgan fingerprint density at radius 1 is 1.26 bits per heavy atom. The van der Waals surface area contributed by atoms with E-state index in [2.05, 4.69) is 15.9 Å². The van der Waals surface area contributed by atoms with E-state index in [1.807, 2.05) is 24.3 Å². The Morgan fingerprint density at radius 3 is 2.47 bits per heavy atom. The van der Waals surface area contributed by atoms with Crippen molar-refractivity contribution in [2.45, 2.75) is 11.7 Å². The Bertz CT molecular complexity index is 609. The molecule has 1 fully saturated rings. The Hall–Kier alpha value is -1.59. The van der Waals surface area contributed by atoms with Gasteiger partial charge in [-0.05, 0) is 0 Å². The molecule has 0 bridgehead atoms. The van der Waals surface area contributed by atoms with Crippen LogP contribution in [0.1, 0.15) is 6.42 Å². The number of allylic oxidation sites excluding steroid dienone is 1. The molecule has 94 valence electrons. The standard InChI is InChI=1S/C13H8BrN3OSe/c14-10-1-3-11(4-2-10)17-12(18)5-6-19-13(17)9(7-15)8-16/h1-4H,5-6H2. The van der Waals surface area contributed by atoms with Gasteiger partial charge >= 0.3 is 125 Å². The molecule has 1 aromatic rings. The summed E-state index contributed by atoms with van der Waals surface area (Å²) in [5, 5.41) is 18.8. The van der Waals surface area contributed by atoms with Crippen molar-refractivity contribution < 1.29 is 4.79 Å². The number of anilines is 1. The van der Waals surface area contributed by atoms with Crippen molar-refractivity contribution in [3.05, 3.63) is 38.9 Å². The summed E-state index contributed by atoms with van der Waals surface area (Å²) in [6.07, 6.45) is 0.462. The number of benzene rings is 1. The molecule has 1 amide bonds. The molecule has 0 unspecified atom stereocenters. The Balaban J connectivity index is 2.52. The van der Waals surface area contributed by atoms with Gasteiger partial charge < -0.3 is 0 Å². The quantitative estimate of drug-likeness (QED) is 0.555. The first-order valence-corrected chi connectivity index (χ1v) is 8.29. The summed E-state index contributed by atoms with van der Waals surface area (Å²) in [7, 11) is 0. The van der Waals surface area contributed by atoms with Crippen LogP contribution in [-0.4, -0.2) is 20.9 Å². The summed E-state index contributed by atoms with van der Waals surface area (Å²) in [6, 6.07) is 11.0. The summed E-state index contributed by atoms with van der Waals surface area (Å²) < 4.78 is 1.48. The molecule has 1 aromatic carbocycles. The van der Waals surface area contributed by atoms with Gasteiger partial charge in [0.05, 0.1) is 0 Å². The summed E-state index contributed by atoms with van der Waals surface area (Å²) in [4.78, 5) is 13.6. The van der Waals surface area contributed by atoms with Gasteiger partial charge in [0, 0.05) is 0 Å². The number of rotatable bonds is 1. The third kappa shape index (κ3) is 2.88. The van der Waals surface area contributed by atoms with Crippen LogP contribution in [0.2, 0.25) is 5.32 Å². The number of nitriles is 2. The summed E-state index contributed by atoms with van der Waals surface area (Å²) in [5.41, 5.74) is 0.740. The minimum atomic E-state index is -0.0616. The first-order chi connectivity index (χ1) is 9.17. The van der Waals surface area contributed by atoms with Crippen LogP contribution >= 0.6 is 15.9 Å². The molecule has 1 saturated heterocycles. The van der Waals surface area contributed by atoms with Crippen molar-refractivity contribution in [1.82, 2.24) is 0 Å². The number of hydrogen-bond donors (Lipinski definition) is 0. The first-order valence-electron chi connectivity index (χ1n) is 5.43. The zero-order valence-electron chi connectivity index (χ0n) is 9.76. The van der Waals surface area contributed by atoms with Crippen LogP contribution in [0, 0.1) is 22.7 Å². The predicted octanol–water partition coefficient (Wildman–Crippen LogP) is 2.57. The summed E-state index contributed by atoms with van der Waals surface area (Å²) >= 11 is 3.31. The van der Waals surface area contributed by atoms with Crippen molar-refractivity contribution in [2.75, 3.05) is 4.90 Å². The van der Waals surface area contributed by atoms with Crippen LogP contribution in [0.5, 0.6) is 0 Å². The Labute approximate surface area is 125 Å². The SMILES string of the molecule is N#CC(C#N)=C1[Se]CCC(=O)N1c1ccc(Br)cc1. The van der Waals surface area contributed by atoms with Crippen molar-refractivity contribution in [2.24, 2.45) is 0 Å². The molecule has 0 radical (unpaired) electrons. The second-order valence-electron chi connectivity index (χ2n) is 3.71. The summed E-state index contributed by atoms with van der Waals surface area (Å²) in [6.45, 7) is 0. The second-order valence-corrected chi connectivity index (χ2v) is 6.90. The number of halogens is 1. The molecule has 6 heteroatoms. The molecular weight excluding hydrogens is 373 g/mol. The van der Waals surface area contributed by atoms with Crippen LogP contribution in [0.25, 0.3) is 0 Å². The fourth-order valence-corrected chi connectivity index (χ4v) is 4.13. The van der Waals surface area contributed by atoms with Gasteiger partial charge in [0.15, 0.2) is 0 Å². The van der Waals surface area contributed by atoms with Crippen molar-refractivity contribution in [3.8, 4) is 12.1 Å². The third-order valence-electron chi connectivity index (χ3n) is 2.53. The molecule has 4 nitrogen and oxygen atoms in total. The van der Waals surface area contributed by atoms with E-state index in [1.54, 1.807) is 12.1 Å². The van der Waals surface area contributed by atoms with Gasteiger partial charge in [0.25, 0.3) is 0 Å². The molecule has 0 atom stereocenters. The maximum atomic E-state index is 12.1. The topological polar surface area (TPSA) is 67.9 Å². The fourth-order valence-electron chi connectivity index (χ4n) is 1.68. The maximum absolute atomic E-state index is 12.1. The Morgan fingerprint density at radius 2 is 1.89 bits per heavy atom. The molecular formula is C13H8BrN3OSe. The van der Waals surface area contributed by atoms with E-state index in [-0.39, 0.29) is 26.4 Å². The van der Waals surface area contributed by atoms with Crippen LogP contribution in [0.15, 0.2) is 38.9 Å². The van der Waals surface area contributed by atoms with Gasteiger partial charge in [0.2, 0.25) is 0 Å². The summed E-state index contributed by atoms with van der Waals surface area (Å²) in [5.74, 6) is -0.0616. The molecule has 0 N–H and O–H groups in total. The molecule has 0 saturated carbocycles. The minimum absolute atomic E-state index is 0.0260. The number of carbonyl (C=O) groups is 1. The van der Waals surface area contributed by atoms with E-state index >= 15 is 0 Å². The monoisotopic (exact) mass is 381 g/mol. The van der Waals surface area contributed by atoms with E-state index in [1.165, 1.54) is 4.90 Å². The molecule has 2 rings (SSSR count). The van der Waals surface area contributed by atoms with Crippen LogP contribution in [0.4, 0.5) is 5.69 Å². The van der Waals surface area contributed by atoms with E-state index in [0.717, 1.165) is 9.79 Å². The zero-order chi connectivity index (χ0) is 13.8. The van der Waals surface area contributed by atoms with Gasteiger partial charge in [-0.2, -0.15) is 0 Å². The molecule has 0 spiro atoms. The van der Waals surface area contributed by atoms with E-state index in [9.17, 15) is 4.79 Å². The van der Waals surface area contributed by atoms with Crippen LogP contribution in [0.3, 0.4) is 0 Å². The van der Waals surface area contributed by atoms with Crippen LogP contribution < -0.4 is 4.90 Å². The Kier molecular flexibility index (Phi) is 4.39. The fraction of sp³-hybridized carbons (Fsp3) is 0.154. The number of amides is 1. The third-order valence-corrected chi connectivity index (χ3v) is 5.30. The second kappa shape index (κ2) is 6.04. The number of carbonyl (C=O) groups excluding carboxylic acids is 1. The molecule has 1 heterocycles. The molecule has 19 heavy (non-hydrogen) atoms. The van der Waals surface area contributed by atoms with Gasteiger partial charge in [-0.3, -0.25) is 0 Å². The molecule has 0 aromatic heterocycles. The predicted molar refractivity (Wildman–Crippen MR) is 75.1 cm³/mol. The zero-order valence-corrected chi connectivity index (χ0v) is 13.1. The number of nitrogens with zero attached hydrogens (tertiary/aromatic N) is 3. The van der Waals surface area contributed by atoms with Gasteiger partial charge in [-0.25, -0.2) is 0 Å². The molecule has 0 aliphatic carbocycles. The van der Waals surface area contributed by atoms with E-state index in [4.69, 9.17) is 10.5 Å². The number of hydrogen-bond acceptors (Lipinski definition) is 3. The average molecular weight is 381 g/mol. The van der Waals surface area contributed by atoms with Crippen molar-refractivity contribution in [1.29, 1.82) is 10.5 Å². The molecule has 1 aliphatic heterocycles. The van der Waals surface area contributed by atoms with Crippen LogP contribution in [-0.2, 0) is 4.79 Å². The van der Waals surface area contributed by atoms with Gasteiger partial charge in [0.1, 0.15) is 0 Å². The van der Waals surface area contributed by atoms with Gasteiger partial charge in [-0.15, -0.1) is 0 Å². The molecule has 1 aliphatic rings. The van der Waals surface area contributed by atoms with Crippen molar-refractivity contribution >= 4 is 42.5 Å². The van der Waals surface area contributed by atoms with Gasteiger partial charge in [-0.1, -0.05) is 0 Å². The average Bonchev–Trinajstić information content (AvgIpc) is 2.42. The first kappa shape index (κ1) is 13.8. The van der Waals surface area contributed by atoms with E-state index in [0.29, 0.717) is 16.7 Å². The van der Waals surface area contributed by atoms with Crippen molar-refractivity contribution in [3.63, 3.8) is 0 Å².